The zero-order chi connectivity index (χ0) is 11.8. The van der Waals surface area contributed by atoms with Crippen LogP contribution in [0.15, 0.2) is 22.7 Å². The van der Waals surface area contributed by atoms with Crippen molar-refractivity contribution >= 4 is 15.9 Å². The molecular formula is C11H13BrFNO2. The minimum absolute atomic E-state index is 0.103. The average Bonchev–Trinajstić information content (AvgIpc) is 2.66. The highest BCUT2D eigenvalue weighted by molar-refractivity contribution is 9.10. The summed E-state index contributed by atoms with van der Waals surface area (Å²) in [5, 5.41) is 0. The summed E-state index contributed by atoms with van der Waals surface area (Å²) in [5.41, 5.74) is 6.29. The number of hydrogen-bond donors (Lipinski definition) is 1. The van der Waals surface area contributed by atoms with Gasteiger partial charge < -0.3 is 15.2 Å². The molecule has 1 heterocycles. The fourth-order valence-electron chi connectivity index (χ4n) is 1.68. The van der Waals surface area contributed by atoms with Crippen LogP contribution in [0.4, 0.5) is 4.39 Å². The highest BCUT2D eigenvalue weighted by atomic mass is 79.9. The van der Waals surface area contributed by atoms with E-state index >= 15 is 0 Å². The molecule has 2 unspecified atom stereocenters. The van der Waals surface area contributed by atoms with Crippen LogP contribution in [0.5, 0.6) is 0 Å². The Morgan fingerprint density at radius 3 is 2.94 bits per heavy atom. The molecule has 0 aliphatic carbocycles. The Balaban J connectivity index is 2.27. The van der Waals surface area contributed by atoms with Crippen LogP contribution in [0.2, 0.25) is 0 Å². The van der Waals surface area contributed by atoms with Crippen LogP contribution >= 0.6 is 15.9 Å². The van der Waals surface area contributed by atoms with E-state index in [9.17, 15) is 4.39 Å². The lowest BCUT2D eigenvalue weighted by atomic mass is 10.1. The van der Waals surface area contributed by atoms with Crippen LogP contribution in [-0.2, 0) is 15.3 Å². The van der Waals surface area contributed by atoms with Crippen LogP contribution in [-0.4, -0.2) is 19.3 Å². The minimum atomic E-state index is -0.833. The topological polar surface area (TPSA) is 44.5 Å². The third kappa shape index (κ3) is 2.13. The molecule has 0 radical (unpaired) electrons. The van der Waals surface area contributed by atoms with Gasteiger partial charge >= 0.3 is 0 Å². The van der Waals surface area contributed by atoms with E-state index < -0.39 is 5.79 Å². The Labute approximate surface area is 102 Å². The molecule has 0 spiro atoms. The van der Waals surface area contributed by atoms with Crippen LogP contribution in [0.25, 0.3) is 0 Å². The molecule has 16 heavy (non-hydrogen) atoms. The molecule has 1 aromatic rings. The summed E-state index contributed by atoms with van der Waals surface area (Å²) >= 11 is 3.14. The third-order valence-electron chi connectivity index (χ3n) is 2.64. The zero-order valence-electron chi connectivity index (χ0n) is 8.87. The van der Waals surface area contributed by atoms with Gasteiger partial charge in [-0.25, -0.2) is 4.39 Å². The summed E-state index contributed by atoms with van der Waals surface area (Å²) in [5.74, 6) is -1.14. The molecule has 0 bridgehead atoms. The zero-order valence-corrected chi connectivity index (χ0v) is 10.5. The number of halogens is 2. The molecule has 1 saturated heterocycles. The first-order valence-electron chi connectivity index (χ1n) is 5.02. The van der Waals surface area contributed by atoms with Crippen molar-refractivity contribution in [3.05, 3.63) is 34.1 Å². The highest BCUT2D eigenvalue weighted by Gasteiger charge is 2.38. The van der Waals surface area contributed by atoms with E-state index in [1.54, 1.807) is 12.1 Å². The van der Waals surface area contributed by atoms with Gasteiger partial charge in [-0.1, -0.05) is 6.07 Å². The summed E-state index contributed by atoms with van der Waals surface area (Å²) < 4.78 is 24.8. The van der Waals surface area contributed by atoms with E-state index in [1.165, 1.54) is 6.07 Å². The smallest absolute Gasteiger partial charge is 0.192 e. The van der Waals surface area contributed by atoms with Gasteiger partial charge in [-0.2, -0.15) is 0 Å². The Hall–Kier alpha value is -0.490. The Bertz CT molecular complexity index is 402. The van der Waals surface area contributed by atoms with Gasteiger partial charge in [0.1, 0.15) is 5.82 Å². The van der Waals surface area contributed by atoms with E-state index in [0.29, 0.717) is 17.6 Å². The van der Waals surface area contributed by atoms with E-state index in [-0.39, 0.29) is 11.9 Å². The van der Waals surface area contributed by atoms with Crippen molar-refractivity contribution in [2.75, 3.05) is 13.2 Å². The summed E-state index contributed by atoms with van der Waals surface area (Å²) in [6.07, 6.45) is -0.103. The second-order valence-electron chi connectivity index (χ2n) is 3.86. The number of nitrogens with two attached hydrogens (primary N) is 1. The van der Waals surface area contributed by atoms with Gasteiger partial charge in [-0.3, -0.25) is 0 Å². The highest BCUT2D eigenvalue weighted by Crippen LogP contribution is 2.35. The number of rotatable bonds is 2. The van der Waals surface area contributed by atoms with Crippen molar-refractivity contribution in [1.29, 1.82) is 0 Å². The molecular weight excluding hydrogens is 277 g/mol. The van der Waals surface area contributed by atoms with Crippen molar-refractivity contribution in [3.8, 4) is 0 Å². The van der Waals surface area contributed by atoms with Gasteiger partial charge in [0.15, 0.2) is 5.79 Å². The largest absolute Gasteiger partial charge is 0.343 e. The minimum Gasteiger partial charge on any atom is -0.343 e. The third-order valence-corrected chi connectivity index (χ3v) is 3.25. The number of ether oxygens (including phenoxy) is 2. The van der Waals surface area contributed by atoms with Crippen molar-refractivity contribution in [2.24, 2.45) is 5.73 Å². The Morgan fingerprint density at radius 1 is 1.62 bits per heavy atom. The van der Waals surface area contributed by atoms with Crippen LogP contribution in [0.3, 0.4) is 0 Å². The molecule has 1 aliphatic heterocycles. The van der Waals surface area contributed by atoms with E-state index in [1.807, 2.05) is 6.92 Å². The quantitative estimate of drug-likeness (QED) is 0.907. The summed E-state index contributed by atoms with van der Waals surface area (Å²) in [4.78, 5) is 0. The molecule has 1 fully saturated rings. The molecule has 1 aliphatic rings. The Morgan fingerprint density at radius 2 is 2.38 bits per heavy atom. The molecule has 0 aromatic heterocycles. The van der Waals surface area contributed by atoms with Gasteiger partial charge in [-0.15, -0.1) is 0 Å². The molecule has 1 aromatic carbocycles. The van der Waals surface area contributed by atoms with Crippen LogP contribution < -0.4 is 5.73 Å². The molecule has 0 amide bonds. The predicted octanol–water partition coefficient (Wildman–Crippen LogP) is 2.14. The fourth-order valence-corrected chi connectivity index (χ4v) is 2.06. The second kappa shape index (κ2) is 4.41. The standard InChI is InChI=1S/C11H13BrFNO2/c1-11(15-6-8(5-14)16-11)7-2-3-10(13)9(12)4-7/h2-4,8H,5-6,14H2,1H3. The maximum absolute atomic E-state index is 13.1. The molecule has 2 rings (SSSR count). The van der Waals surface area contributed by atoms with E-state index in [4.69, 9.17) is 15.2 Å². The monoisotopic (exact) mass is 289 g/mol. The number of hydrogen-bond acceptors (Lipinski definition) is 3. The average molecular weight is 290 g/mol. The summed E-state index contributed by atoms with van der Waals surface area (Å²) in [7, 11) is 0. The van der Waals surface area contributed by atoms with E-state index in [2.05, 4.69) is 15.9 Å². The Kier molecular flexibility index (Phi) is 3.30. The van der Waals surface area contributed by atoms with Gasteiger partial charge in [0.2, 0.25) is 0 Å². The first-order chi connectivity index (χ1) is 7.55. The van der Waals surface area contributed by atoms with Crippen LogP contribution in [0.1, 0.15) is 12.5 Å². The lowest BCUT2D eigenvalue weighted by Crippen LogP contribution is -2.27. The first kappa shape index (κ1) is 12.0. The lowest BCUT2D eigenvalue weighted by molar-refractivity contribution is -0.160. The van der Waals surface area contributed by atoms with Crippen molar-refractivity contribution in [1.82, 2.24) is 0 Å². The molecule has 2 N–H and O–H groups in total. The molecule has 88 valence electrons. The first-order valence-corrected chi connectivity index (χ1v) is 5.82. The molecule has 2 atom stereocenters. The van der Waals surface area contributed by atoms with Gasteiger partial charge in [-0.05, 0) is 35.0 Å². The second-order valence-corrected chi connectivity index (χ2v) is 4.72. The summed E-state index contributed by atoms with van der Waals surface area (Å²) in [6, 6.07) is 4.69. The van der Waals surface area contributed by atoms with Gasteiger partial charge in [0.25, 0.3) is 0 Å². The maximum Gasteiger partial charge on any atom is 0.192 e. The fraction of sp³-hybridized carbons (Fsp3) is 0.455. The van der Waals surface area contributed by atoms with Crippen LogP contribution in [0, 0.1) is 5.82 Å². The normalized spacial score (nSPS) is 29.6. The maximum atomic E-state index is 13.1. The summed E-state index contributed by atoms with van der Waals surface area (Å²) in [6.45, 7) is 2.68. The van der Waals surface area contributed by atoms with E-state index in [0.717, 1.165) is 5.56 Å². The van der Waals surface area contributed by atoms with Gasteiger partial charge in [0, 0.05) is 12.1 Å². The lowest BCUT2D eigenvalue weighted by Gasteiger charge is -2.23. The SMILES string of the molecule is CC1(c2ccc(F)c(Br)c2)OCC(CN)O1. The molecule has 0 saturated carbocycles. The van der Waals surface area contributed by atoms with Crippen molar-refractivity contribution < 1.29 is 13.9 Å². The van der Waals surface area contributed by atoms with Crippen molar-refractivity contribution in [3.63, 3.8) is 0 Å². The van der Waals surface area contributed by atoms with Crippen molar-refractivity contribution in [2.45, 2.75) is 18.8 Å². The predicted molar refractivity (Wildman–Crippen MR) is 61.3 cm³/mol. The van der Waals surface area contributed by atoms with Gasteiger partial charge in [0.05, 0.1) is 17.2 Å². The molecule has 3 nitrogen and oxygen atoms in total. The molecule has 5 heteroatoms. The number of benzene rings is 1.